The van der Waals surface area contributed by atoms with Crippen molar-refractivity contribution < 1.29 is 9.13 Å². The van der Waals surface area contributed by atoms with Gasteiger partial charge in [-0.05, 0) is 37.5 Å². The van der Waals surface area contributed by atoms with Gasteiger partial charge in [0.05, 0.1) is 0 Å². The van der Waals surface area contributed by atoms with Gasteiger partial charge in [-0.15, -0.1) is 11.6 Å². The van der Waals surface area contributed by atoms with Gasteiger partial charge in [-0.25, -0.2) is 4.39 Å². The van der Waals surface area contributed by atoms with Crippen LogP contribution in [0.4, 0.5) is 4.39 Å². The molecule has 3 heteroatoms. The molecule has 1 aromatic rings. The van der Waals surface area contributed by atoms with Crippen LogP contribution in [0.25, 0.3) is 0 Å². The highest BCUT2D eigenvalue weighted by Crippen LogP contribution is 2.12. The minimum absolute atomic E-state index is 0.0124. The Bertz CT molecular complexity index is 291. The normalized spacial score (nSPS) is 12.7. The monoisotopic (exact) mass is 230 g/mol. The lowest BCUT2D eigenvalue weighted by Gasteiger charge is -2.09. The van der Waals surface area contributed by atoms with Crippen LogP contribution in [-0.2, 0) is 11.2 Å². The Morgan fingerprint density at radius 1 is 1.47 bits per heavy atom. The maximum atomic E-state index is 12.9. The molecule has 0 heterocycles. The van der Waals surface area contributed by atoms with Gasteiger partial charge in [-0.3, -0.25) is 0 Å². The Labute approximate surface area is 95.2 Å². The van der Waals surface area contributed by atoms with Gasteiger partial charge >= 0.3 is 0 Å². The van der Waals surface area contributed by atoms with Crippen LogP contribution < -0.4 is 0 Å². The third-order valence-electron chi connectivity index (χ3n) is 2.13. The minimum atomic E-state index is -0.207. The molecule has 15 heavy (non-hydrogen) atoms. The van der Waals surface area contributed by atoms with E-state index in [1.165, 1.54) is 12.1 Å². The van der Waals surface area contributed by atoms with Gasteiger partial charge in [0.1, 0.15) is 5.82 Å². The third kappa shape index (κ3) is 5.14. The largest absolute Gasteiger partial charge is 0.382 e. The molecular formula is C12H16ClFO. The van der Waals surface area contributed by atoms with Crippen molar-refractivity contribution in [1.29, 1.82) is 0 Å². The molecule has 0 aliphatic carbocycles. The SMILES string of the molecule is CCOCCC(Cl)Cc1cccc(F)c1. The molecular weight excluding hydrogens is 215 g/mol. The summed E-state index contributed by atoms with van der Waals surface area (Å²) in [6.45, 7) is 3.33. The molecule has 0 radical (unpaired) electrons. The predicted molar refractivity (Wildman–Crippen MR) is 60.9 cm³/mol. The third-order valence-corrected chi connectivity index (χ3v) is 2.50. The summed E-state index contributed by atoms with van der Waals surface area (Å²) in [6.07, 6.45) is 1.48. The number of halogens is 2. The smallest absolute Gasteiger partial charge is 0.123 e. The molecule has 0 fully saturated rings. The number of hydrogen-bond donors (Lipinski definition) is 0. The number of hydrogen-bond acceptors (Lipinski definition) is 1. The number of benzene rings is 1. The summed E-state index contributed by atoms with van der Waals surface area (Å²) in [5.41, 5.74) is 0.937. The average Bonchev–Trinajstić information content (AvgIpc) is 2.18. The van der Waals surface area contributed by atoms with E-state index in [0.29, 0.717) is 19.6 Å². The van der Waals surface area contributed by atoms with E-state index >= 15 is 0 Å². The summed E-state index contributed by atoms with van der Waals surface area (Å²) >= 11 is 6.10. The molecule has 0 bridgehead atoms. The molecule has 1 nitrogen and oxygen atoms in total. The standard InChI is InChI=1S/C12H16ClFO/c1-2-15-7-6-11(13)8-10-4-3-5-12(14)9-10/h3-5,9,11H,2,6-8H2,1H3. The van der Waals surface area contributed by atoms with Crippen LogP contribution in [0.15, 0.2) is 24.3 Å². The second kappa shape index (κ2) is 6.81. The lowest BCUT2D eigenvalue weighted by molar-refractivity contribution is 0.144. The number of alkyl halides is 1. The highest BCUT2D eigenvalue weighted by atomic mass is 35.5. The van der Waals surface area contributed by atoms with Gasteiger partial charge in [0.25, 0.3) is 0 Å². The van der Waals surface area contributed by atoms with Crippen molar-refractivity contribution in [2.24, 2.45) is 0 Å². The molecule has 84 valence electrons. The number of rotatable bonds is 6. The fourth-order valence-corrected chi connectivity index (χ4v) is 1.64. The van der Waals surface area contributed by atoms with Gasteiger partial charge in [-0.1, -0.05) is 12.1 Å². The molecule has 0 aliphatic rings. The average molecular weight is 231 g/mol. The van der Waals surface area contributed by atoms with Crippen molar-refractivity contribution in [2.45, 2.75) is 25.1 Å². The molecule has 0 aliphatic heterocycles. The highest BCUT2D eigenvalue weighted by Gasteiger charge is 2.06. The Hall–Kier alpha value is -0.600. The summed E-state index contributed by atoms with van der Waals surface area (Å²) in [4.78, 5) is 0. The van der Waals surface area contributed by atoms with E-state index in [9.17, 15) is 4.39 Å². The van der Waals surface area contributed by atoms with E-state index in [4.69, 9.17) is 16.3 Å². The first-order valence-electron chi connectivity index (χ1n) is 5.18. The van der Waals surface area contributed by atoms with Crippen molar-refractivity contribution in [2.75, 3.05) is 13.2 Å². The van der Waals surface area contributed by atoms with Gasteiger partial charge in [0, 0.05) is 18.6 Å². The zero-order valence-electron chi connectivity index (χ0n) is 8.88. The summed E-state index contributed by atoms with van der Waals surface area (Å²) in [5.74, 6) is -0.207. The van der Waals surface area contributed by atoms with Gasteiger partial charge in [0.2, 0.25) is 0 Å². The first kappa shape index (κ1) is 12.5. The molecule has 1 unspecified atom stereocenters. The van der Waals surface area contributed by atoms with Gasteiger partial charge < -0.3 is 4.74 Å². The Morgan fingerprint density at radius 3 is 2.93 bits per heavy atom. The van der Waals surface area contributed by atoms with E-state index in [1.807, 2.05) is 13.0 Å². The van der Waals surface area contributed by atoms with E-state index in [0.717, 1.165) is 12.0 Å². The first-order chi connectivity index (χ1) is 7.22. The highest BCUT2D eigenvalue weighted by molar-refractivity contribution is 6.20. The quantitative estimate of drug-likeness (QED) is 0.538. The molecule has 1 rings (SSSR count). The van der Waals surface area contributed by atoms with Crippen LogP contribution in [0.1, 0.15) is 18.9 Å². The van der Waals surface area contributed by atoms with Gasteiger partial charge in [-0.2, -0.15) is 0 Å². The van der Waals surface area contributed by atoms with Crippen LogP contribution in [-0.4, -0.2) is 18.6 Å². The maximum Gasteiger partial charge on any atom is 0.123 e. The molecule has 0 saturated carbocycles. The Balaban J connectivity index is 2.34. The van der Waals surface area contributed by atoms with Crippen molar-refractivity contribution >= 4 is 11.6 Å². The topological polar surface area (TPSA) is 9.23 Å². The molecule has 0 saturated heterocycles. The molecule has 0 amide bonds. The Kier molecular flexibility index (Phi) is 5.66. The van der Waals surface area contributed by atoms with Crippen LogP contribution in [0.3, 0.4) is 0 Å². The van der Waals surface area contributed by atoms with Crippen molar-refractivity contribution in [3.05, 3.63) is 35.6 Å². The van der Waals surface area contributed by atoms with Crippen molar-refractivity contribution in [3.63, 3.8) is 0 Å². The summed E-state index contributed by atoms with van der Waals surface area (Å²) in [5, 5.41) is 0.0124. The van der Waals surface area contributed by atoms with E-state index in [1.54, 1.807) is 6.07 Å². The maximum absolute atomic E-state index is 12.9. The number of ether oxygens (including phenoxy) is 1. The second-order valence-corrected chi connectivity index (χ2v) is 4.03. The fraction of sp³-hybridized carbons (Fsp3) is 0.500. The van der Waals surface area contributed by atoms with Crippen molar-refractivity contribution in [3.8, 4) is 0 Å². The minimum Gasteiger partial charge on any atom is -0.382 e. The molecule has 0 spiro atoms. The van der Waals surface area contributed by atoms with Crippen LogP contribution in [0, 0.1) is 5.82 Å². The zero-order valence-corrected chi connectivity index (χ0v) is 9.64. The van der Waals surface area contributed by atoms with Crippen LogP contribution in [0.5, 0.6) is 0 Å². The molecule has 0 N–H and O–H groups in total. The van der Waals surface area contributed by atoms with E-state index in [2.05, 4.69) is 0 Å². The van der Waals surface area contributed by atoms with Crippen LogP contribution >= 0.6 is 11.6 Å². The van der Waals surface area contributed by atoms with Crippen molar-refractivity contribution in [1.82, 2.24) is 0 Å². The first-order valence-corrected chi connectivity index (χ1v) is 5.62. The second-order valence-electron chi connectivity index (χ2n) is 3.42. The zero-order chi connectivity index (χ0) is 11.1. The van der Waals surface area contributed by atoms with E-state index < -0.39 is 0 Å². The summed E-state index contributed by atoms with van der Waals surface area (Å²) in [7, 11) is 0. The summed E-state index contributed by atoms with van der Waals surface area (Å²) in [6, 6.07) is 6.55. The Morgan fingerprint density at radius 2 is 2.27 bits per heavy atom. The molecule has 1 aromatic carbocycles. The summed E-state index contributed by atoms with van der Waals surface area (Å²) < 4.78 is 18.1. The predicted octanol–water partition coefficient (Wildman–Crippen LogP) is 3.40. The molecule has 0 aromatic heterocycles. The lowest BCUT2D eigenvalue weighted by Crippen LogP contribution is -2.08. The van der Waals surface area contributed by atoms with Gasteiger partial charge in [0.15, 0.2) is 0 Å². The van der Waals surface area contributed by atoms with Crippen LogP contribution in [0.2, 0.25) is 0 Å². The fourth-order valence-electron chi connectivity index (χ4n) is 1.38. The van der Waals surface area contributed by atoms with E-state index in [-0.39, 0.29) is 11.2 Å². The molecule has 1 atom stereocenters. The lowest BCUT2D eigenvalue weighted by atomic mass is 10.1.